The largest absolute Gasteiger partial charge is 0.522 e. The Labute approximate surface area is 185 Å². The van der Waals surface area contributed by atoms with Crippen molar-refractivity contribution >= 4 is 29.2 Å². The van der Waals surface area contributed by atoms with Crippen molar-refractivity contribution in [3.05, 3.63) is 28.8 Å². The molecule has 1 aromatic rings. The van der Waals surface area contributed by atoms with Crippen molar-refractivity contribution in [2.45, 2.75) is 68.7 Å². The van der Waals surface area contributed by atoms with Gasteiger partial charge in [0.05, 0.1) is 23.5 Å². The number of ether oxygens (including phenoxy) is 2. The number of rotatable bonds is 5. The molecular formula is C21H20ClF3N2O5. The lowest BCUT2D eigenvalue weighted by Crippen LogP contribution is -2.79. The molecule has 4 fully saturated rings. The molecule has 172 valence electrons. The van der Waals surface area contributed by atoms with Crippen LogP contribution in [0.5, 0.6) is 5.75 Å². The Kier molecular flexibility index (Phi) is 4.76. The lowest BCUT2D eigenvalue weighted by molar-refractivity contribution is -0.352. The number of fused-ring (bicyclic) bond motifs is 1. The second-order valence-electron chi connectivity index (χ2n) is 9.28. The molecule has 4 saturated carbocycles. The van der Waals surface area contributed by atoms with Gasteiger partial charge in [0.2, 0.25) is 5.91 Å². The zero-order valence-corrected chi connectivity index (χ0v) is 17.5. The third kappa shape index (κ3) is 3.73. The average molecular weight is 473 g/mol. The molecule has 1 heterocycles. The minimum absolute atomic E-state index is 0.0935. The Morgan fingerprint density at radius 2 is 1.88 bits per heavy atom. The smallest absolute Gasteiger partial charge is 0.479 e. The molecule has 1 atom stereocenters. The summed E-state index contributed by atoms with van der Waals surface area (Å²) in [5.74, 6) is -0.513. The number of nitrogens with one attached hydrogen (secondary N) is 2. The zero-order chi connectivity index (χ0) is 22.9. The molecule has 2 N–H and O–H groups in total. The van der Waals surface area contributed by atoms with Crippen LogP contribution in [0.2, 0.25) is 5.02 Å². The van der Waals surface area contributed by atoms with Crippen LogP contribution in [0.3, 0.4) is 0 Å². The van der Waals surface area contributed by atoms with Crippen molar-refractivity contribution in [1.82, 2.24) is 10.6 Å². The van der Waals surface area contributed by atoms with Gasteiger partial charge < -0.3 is 15.4 Å². The van der Waals surface area contributed by atoms with Crippen molar-refractivity contribution in [2.75, 3.05) is 0 Å². The fraction of sp³-hybridized carbons (Fsp3) is 0.571. The van der Waals surface area contributed by atoms with Crippen molar-refractivity contribution in [1.29, 1.82) is 0 Å². The molecule has 0 radical (unpaired) electrons. The van der Waals surface area contributed by atoms with E-state index in [2.05, 4.69) is 15.4 Å². The van der Waals surface area contributed by atoms with Gasteiger partial charge in [-0.1, -0.05) is 11.6 Å². The van der Waals surface area contributed by atoms with Crippen molar-refractivity contribution < 1.29 is 37.0 Å². The van der Waals surface area contributed by atoms with Gasteiger partial charge in [0.1, 0.15) is 5.75 Å². The van der Waals surface area contributed by atoms with Gasteiger partial charge in [0.25, 0.3) is 5.91 Å². The van der Waals surface area contributed by atoms with Gasteiger partial charge >= 0.3 is 6.36 Å². The highest BCUT2D eigenvalue weighted by Crippen LogP contribution is 2.67. The molecule has 0 spiro atoms. The minimum Gasteiger partial charge on any atom is -0.479 e. The zero-order valence-electron chi connectivity index (χ0n) is 16.8. The SMILES string of the molecule is O=C1C[C@H](C(=O)NC23CC(C(=O)N[C@H]4C[C@@H](OC(F)(F)F)C4)(C2)C3)Oc2ccc(Cl)cc21. The first kappa shape index (κ1) is 21.5. The number of halogens is 4. The third-order valence-electron chi connectivity index (χ3n) is 6.81. The Morgan fingerprint density at radius 1 is 1.19 bits per heavy atom. The Morgan fingerprint density at radius 3 is 2.53 bits per heavy atom. The van der Waals surface area contributed by atoms with E-state index < -0.39 is 35.4 Å². The predicted molar refractivity (Wildman–Crippen MR) is 104 cm³/mol. The number of alkyl halides is 3. The van der Waals surface area contributed by atoms with Gasteiger partial charge in [-0.15, -0.1) is 13.2 Å². The highest BCUT2D eigenvalue weighted by atomic mass is 35.5. The van der Waals surface area contributed by atoms with Gasteiger partial charge in [0.15, 0.2) is 11.9 Å². The topological polar surface area (TPSA) is 93.7 Å². The lowest BCUT2D eigenvalue weighted by atomic mass is 9.39. The monoisotopic (exact) mass is 472 g/mol. The van der Waals surface area contributed by atoms with Crippen molar-refractivity contribution in [3.8, 4) is 5.75 Å². The molecule has 1 aromatic carbocycles. The molecule has 6 rings (SSSR count). The maximum atomic E-state index is 12.7. The van der Waals surface area contributed by atoms with E-state index >= 15 is 0 Å². The number of hydrogen-bond acceptors (Lipinski definition) is 5. The molecule has 2 amide bonds. The molecule has 32 heavy (non-hydrogen) atoms. The number of Topliss-reactive ketones (excluding diaryl/α,β-unsaturated/α-hetero) is 1. The first-order valence-corrected chi connectivity index (χ1v) is 10.7. The fourth-order valence-corrected chi connectivity index (χ4v) is 5.42. The highest BCUT2D eigenvalue weighted by molar-refractivity contribution is 6.31. The summed E-state index contributed by atoms with van der Waals surface area (Å²) >= 11 is 5.90. The number of carbonyl (C=O) groups is 3. The summed E-state index contributed by atoms with van der Waals surface area (Å²) in [7, 11) is 0. The van der Waals surface area contributed by atoms with E-state index in [0.717, 1.165) is 0 Å². The molecule has 0 aromatic heterocycles. The summed E-state index contributed by atoms with van der Waals surface area (Å²) in [6.07, 6.45) is -5.00. The van der Waals surface area contributed by atoms with E-state index in [0.29, 0.717) is 35.6 Å². The van der Waals surface area contributed by atoms with E-state index in [1.54, 1.807) is 12.1 Å². The quantitative estimate of drug-likeness (QED) is 0.687. The minimum atomic E-state index is -4.67. The summed E-state index contributed by atoms with van der Waals surface area (Å²) < 4.78 is 46.2. The molecule has 0 saturated heterocycles. The van der Waals surface area contributed by atoms with E-state index in [1.807, 2.05) is 0 Å². The average Bonchev–Trinajstić information content (AvgIpc) is 2.60. The number of benzene rings is 1. The van der Waals surface area contributed by atoms with Crippen LogP contribution in [0.4, 0.5) is 13.2 Å². The Balaban J connectivity index is 1.10. The Bertz CT molecular complexity index is 988. The van der Waals surface area contributed by atoms with Gasteiger partial charge in [-0.25, -0.2) is 0 Å². The second-order valence-corrected chi connectivity index (χ2v) is 9.72. The summed E-state index contributed by atoms with van der Waals surface area (Å²) in [6.45, 7) is 0. The summed E-state index contributed by atoms with van der Waals surface area (Å²) in [5, 5.41) is 6.11. The van der Waals surface area contributed by atoms with Crippen LogP contribution in [0.15, 0.2) is 18.2 Å². The van der Waals surface area contributed by atoms with Crippen LogP contribution in [-0.4, -0.2) is 47.7 Å². The number of ketones is 1. The molecule has 11 heteroatoms. The lowest BCUT2D eigenvalue weighted by Gasteiger charge is -2.69. The number of hydrogen-bond donors (Lipinski definition) is 2. The first-order valence-electron chi connectivity index (χ1n) is 10.3. The van der Waals surface area contributed by atoms with Gasteiger partial charge in [0, 0.05) is 16.6 Å². The molecule has 1 aliphatic heterocycles. The predicted octanol–water partition coefficient (Wildman–Crippen LogP) is 2.90. The van der Waals surface area contributed by atoms with Crippen LogP contribution in [0.1, 0.15) is 48.9 Å². The Hall–Kier alpha value is -2.33. The van der Waals surface area contributed by atoms with Crippen molar-refractivity contribution in [3.63, 3.8) is 0 Å². The standard InChI is InChI=1S/C21H20ClF3N2O5/c22-10-1-2-15-13(3-10)14(28)6-16(31-15)17(29)27-20-7-19(8-20,9-20)18(30)26-11-4-12(5-11)32-21(23,24)25/h1-3,11-12,16H,4-9H2,(H,26,30)(H,27,29)/t11-,12+,16-,19?,20?/m1/s1. The molecule has 0 unspecified atom stereocenters. The maximum absolute atomic E-state index is 12.7. The molecule has 4 aliphatic carbocycles. The second kappa shape index (κ2) is 7.08. The highest BCUT2D eigenvalue weighted by Gasteiger charge is 2.72. The third-order valence-corrected chi connectivity index (χ3v) is 7.04. The van der Waals surface area contributed by atoms with E-state index in [-0.39, 0.29) is 37.0 Å². The van der Waals surface area contributed by atoms with Crippen LogP contribution in [-0.2, 0) is 14.3 Å². The molecular weight excluding hydrogens is 453 g/mol. The van der Waals surface area contributed by atoms with E-state index in [1.165, 1.54) is 6.07 Å². The molecule has 5 aliphatic rings. The number of amides is 2. The molecule has 7 nitrogen and oxygen atoms in total. The van der Waals surface area contributed by atoms with E-state index in [9.17, 15) is 27.6 Å². The normalized spacial score (nSPS) is 34.8. The van der Waals surface area contributed by atoms with Crippen LogP contribution < -0.4 is 15.4 Å². The fourth-order valence-electron chi connectivity index (χ4n) is 5.25. The van der Waals surface area contributed by atoms with Crippen molar-refractivity contribution in [2.24, 2.45) is 5.41 Å². The first-order chi connectivity index (χ1) is 15.0. The summed E-state index contributed by atoms with van der Waals surface area (Å²) in [5.41, 5.74) is -0.736. The maximum Gasteiger partial charge on any atom is 0.522 e. The summed E-state index contributed by atoms with van der Waals surface area (Å²) in [6, 6.07) is 4.32. The molecule has 2 bridgehead atoms. The van der Waals surface area contributed by atoms with Gasteiger partial charge in [-0.2, -0.15) is 0 Å². The van der Waals surface area contributed by atoms with Gasteiger partial charge in [-0.05, 0) is 50.3 Å². The van der Waals surface area contributed by atoms with Crippen LogP contribution in [0, 0.1) is 5.41 Å². The van der Waals surface area contributed by atoms with E-state index in [4.69, 9.17) is 16.3 Å². The summed E-state index contributed by atoms with van der Waals surface area (Å²) in [4.78, 5) is 37.6. The van der Waals surface area contributed by atoms with Crippen LogP contribution in [0.25, 0.3) is 0 Å². The van der Waals surface area contributed by atoms with Gasteiger partial charge in [-0.3, -0.25) is 19.1 Å². The van der Waals surface area contributed by atoms with Crippen LogP contribution >= 0.6 is 11.6 Å². The number of carbonyl (C=O) groups excluding carboxylic acids is 3.